The number of nitrogens with one attached hydrogen (secondary N) is 1. The van der Waals surface area contributed by atoms with Gasteiger partial charge in [0.15, 0.2) is 0 Å². The Labute approximate surface area is 88.6 Å². The van der Waals surface area contributed by atoms with Crippen molar-refractivity contribution in [1.82, 2.24) is 10.2 Å². The van der Waals surface area contributed by atoms with Crippen LogP contribution >= 0.6 is 11.8 Å². The number of hydrogen-bond acceptors (Lipinski definition) is 3. The molecule has 4 heteroatoms. The average molecular weight is 212 g/mol. The maximum absolute atomic E-state index is 11.6. The first-order valence-corrected chi connectivity index (χ1v) is 6.61. The molecule has 78 valence electrons. The summed E-state index contributed by atoms with van der Waals surface area (Å²) in [6.07, 6.45) is 3.20. The van der Waals surface area contributed by atoms with Crippen molar-refractivity contribution in [2.24, 2.45) is 0 Å². The van der Waals surface area contributed by atoms with Gasteiger partial charge in [-0.2, -0.15) is 11.8 Å². The van der Waals surface area contributed by atoms with Crippen LogP contribution in [-0.4, -0.2) is 47.0 Å². The van der Waals surface area contributed by atoms with Crippen molar-refractivity contribution in [1.29, 1.82) is 0 Å². The number of thioether (sulfide) groups is 1. The van der Waals surface area contributed by atoms with Gasteiger partial charge in [0.05, 0.1) is 0 Å². The number of likely N-dealkylation sites (tertiary alicyclic amines) is 1. The number of carbonyl (C=O) groups is 1. The molecule has 3 nitrogen and oxygen atoms in total. The number of hydrogen-bond donors (Lipinski definition) is 1. The molecule has 0 aromatic heterocycles. The number of rotatable bonds is 3. The van der Waals surface area contributed by atoms with Crippen LogP contribution in [0.15, 0.2) is 0 Å². The van der Waals surface area contributed by atoms with Crippen molar-refractivity contribution in [2.75, 3.05) is 18.1 Å². The second-order valence-corrected chi connectivity index (χ2v) is 5.65. The Balaban J connectivity index is 1.53. The highest BCUT2D eigenvalue weighted by molar-refractivity contribution is 8.00. The maximum Gasteiger partial charge on any atom is 0.224 e. The van der Waals surface area contributed by atoms with Crippen LogP contribution < -0.4 is 5.32 Å². The van der Waals surface area contributed by atoms with Crippen LogP contribution in [0.1, 0.15) is 19.3 Å². The van der Waals surface area contributed by atoms with Gasteiger partial charge in [0.25, 0.3) is 0 Å². The van der Waals surface area contributed by atoms with Gasteiger partial charge in [-0.1, -0.05) is 0 Å². The molecule has 0 radical (unpaired) electrons. The number of nitrogens with zero attached hydrogens (tertiary/aromatic N) is 1. The Morgan fingerprint density at radius 2 is 2.07 bits per heavy atom. The molecule has 3 rings (SSSR count). The zero-order valence-corrected chi connectivity index (χ0v) is 9.05. The minimum absolute atomic E-state index is 0.372. The first kappa shape index (κ1) is 9.04. The molecule has 1 unspecified atom stereocenters. The van der Waals surface area contributed by atoms with Gasteiger partial charge in [-0.25, -0.2) is 0 Å². The Morgan fingerprint density at radius 1 is 1.29 bits per heavy atom. The smallest absolute Gasteiger partial charge is 0.224 e. The molecule has 3 fully saturated rings. The highest BCUT2D eigenvalue weighted by atomic mass is 32.2. The molecule has 0 aromatic rings. The lowest BCUT2D eigenvalue weighted by Gasteiger charge is -2.29. The van der Waals surface area contributed by atoms with Crippen LogP contribution in [0, 0.1) is 0 Å². The zero-order valence-electron chi connectivity index (χ0n) is 8.24. The number of carbonyl (C=O) groups excluding carboxylic acids is 1. The van der Waals surface area contributed by atoms with E-state index in [1.54, 1.807) is 0 Å². The van der Waals surface area contributed by atoms with Crippen LogP contribution in [0.4, 0.5) is 0 Å². The molecular weight excluding hydrogens is 196 g/mol. The molecule has 2 saturated heterocycles. The van der Waals surface area contributed by atoms with E-state index in [4.69, 9.17) is 0 Å². The lowest BCUT2D eigenvalue weighted by atomic mass is 10.2. The molecule has 2 heterocycles. The molecule has 0 bridgehead atoms. The first-order valence-electron chi connectivity index (χ1n) is 5.46. The van der Waals surface area contributed by atoms with E-state index in [0.29, 0.717) is 24.0 Å². The highest BCUT2D eigenvalue weighted by Gasteiger charge is 2.40. The molecule has 1 saturated carbocycles. The summed E-state index contributed by atoms with van der Waals surface area (Å²) in [7, 11) is 0. The maximum atomic E-state index is 11.6. The third-order valence-electron chi connectivity index (χ3n) is 3.26. The van der Waals surface area contributed by atoms with Crippen molar-refractivity contribution < 1.29 is 4.79 Å². The van der Waals surface area contributed by atoms with Gasteiger partial charge in [-0.15, -0.1) is 0 Å². The van der Waals surface area contributed by atoms with Crippen LogP contribution in [0.2, 0.25) is 0 Å². The fourth-order valence-electron chi connectivity index (χ4n) is 2.25. The largest absolute Gasteiger partial charge is 0.338 e. The van der Waals surface area contributed by atoms with E-state index in [1.165, 1.54) is 24.3 Å². The van der Waals surface area contributed by atoms with E-state index in [0.717, 1.165) is 13.0 Å². The lowest BCUT2D eigenvalue weighted by molar-refractivity contribution is -0.128. The molecule has 1 atom stereocenters. The van der Waals surface area contributed by atoms with Crippen molar-refractivity contribution in [3.8, 4) is 0 Å². The summed E-state index contributed by atoms with van der Waals surface area (Å²) in [6.45, 7) is 0.963. The second kappa shape index (κ2) is 3.42. The predicted octanol–water partition coefficient (Wildman–Crippen LogP) is 0.455. The molecule has 3 aliphatic rings. The molecule has 0 aromatic carbocycles. The third-order valence-corrected chi connectivity index (χ3v) is 4.53. The average Bonchev–Trinajstić information content (AvgIpc) is 2.85. The fraction of sp³-hybridized carbons (Fsp3) is 0.900. The molecule has 1 N–H and O–H groups in total. The Bertz CT molecular complexity index is 251. The topological polar surface area (TPSA) is 32.3 Å². The summed E-state index contributed by atoms with van der Waals surface area (Å²) >= 11 is 1.99. The SMILES string of the molecule is O=C1CC(NC2CSC2)CN1C1CC1. The van der Waals surface area contributed by atoms with Crippen LogP contribution in [-0.2, 0) is 4.79 Å². The molecule has 14 heavy (non-hydrogen) atoms. The molecule has 1 aliphatic carbocycles. The van der Waals surface area contributed by atoms with E-state index in [2.05, 4.69) is 10.2 Å². The summed E-state index contributed by atoms with van der Waals surface area (Å²) < 4.78 is 0. The number of amides is 1. The summed E-state index contributed by atoms with van der Waals surface area (Å²) in [6, 6.07) is 1.72. The minimum atomic E-state index is 0.372. The summed E-state index contributed by atoms with van der Waals surface area (Å²) in [5.74, 6) is 2.83. The van der Waals surface area contributed by atoms with Gasteiger partial charge in [0.2, 0.25) is 5.91 Å². The zero-order chi connectivity index (χ0) is 9.54. The van der Waals surface area contributed by atoms with Gasteiger partial charge < -0.3 is 10.2 Å². The Kier molecular flexibility index (Phi) is 2.21. The molecule has 2 aliphatic heterocycles. The van der Waals surface area contributed by atoms with E-state index in [-0.39, 0.29) is 0 Å². The summed E-state index contributed by atoms with van der Waals surface area (Å²) in [4.78, 5) is 13.7. The monoisotopic (exact) mass is 212 g/mol. The highest BCUT2D eigenvalue weighted by Crippen LogP contribution is 2.31. The van der Waals surface area contributed by atoms with Crippen molar-refractivity contribution in [3.05, 3.63) is 0 Å². The van der Waals surface area contributed by atoms with Crippen LogP contribution in [0.5, 0.6) is 0 Å². The van der Waals surface area contributed by atoms with E-state index in [9.17, 15) is 4.79 Å². The second-order valence-electron chi connectivity index (χ2n) is 4.58. The van der Waals surface area contributed by atoms with Crippen LogP contribution in [0.25, 0.3) is 0 Å². The van der Waals surface area contributed by atoms with Gasteiger partial charge in [-0.3, -0.25) is 4.79 Å². The molecule has 0 spiro atoms. The first-order chi connectivity index (χ1) is 6.83. The normalized spacial score (nSPS) is 33.6. The third kappa shape index (κ3) is 1.65. The Hall–Kier alpha value is -0.220. The lowest BCUT2D eigenvalue weighted by Crippen LogP contribution is -2.47. The van der Waals surface area contributed by atoms with Gasteiger partial charge in [-0.05, 0) is 12.8 Å². The van der Waals surface area contributed by atoms with Gasteiger partial charge in [0.1, 0.15) is 0 Å². The summed E-state index contributed by atoms with van der Waals surface area (Å²) in [5.41, 5.74) is 0. The molecular formula is C10H16N2OS. The van der Waals surface area contributed by atoms with Crippen molar-refractivity contribution >= 4 is 17.7 Å². The van der Waals surface area contributed by atoms with E-state index in [1.807, 2.05) is 11.8 Å². The predicted molar refractivity (Wildman–Crippen MR) is 57.4 cm³/mol. The fourth-order valence-corrected chi connectivity index (χ4v) is 2.91. The van der Waals surface area contributed by atoms with E-state index >= 15 is 0 Å². The standard InChI is InChI=1S/C10H16N2OS/c13-10-3-7(11-8-5-14-6-8)4-12(10)9-1-2-9/h7-9,11H,1-6H2. The van der Waals surface area contributed by atoms with Crippen molar-refractivity contribution in [3.63, 3.8) is 0 Å². The van der Waals surface area contributed by atoms with Gasteiger partial charge >= 0.3 is 0 Å². The van der Waals surface area contributed by atoms with Crippen LogP contribution in [0.3, 0.4) is 0 Å². The van der Waals surface area contributed by atoms with E-state index < -0.39 is 0 Å². The Morgan fingerprint density at radius 3 is 2.64 bits per heavy atom. The van der Waals surface area contributed by atoms with Crippen molar-refractivity contribution in [2.45, 2.75) is 37.4 Å². The molecule has 1 amide bonds. The quantitative estimate of drug-likeness (QED) is 0.737. The minimum Gasteiger partial charge on any atom is -0.338 e. The van der Waals surface area contributed by atoms with Gasteiger partial charge in [0, 0.05) is 42.6 Å². The summed E-state index contributed by atoms with van der Waals surface area (Å²) in [5, 5.41) is 3.58.